The van der Waals surface area contributed by atoms with Crippen molar-refractivity contribution in [1.29, 1.82) is 0 Å². The van der Waals surface area contributed by atoms with E-state index in [2.05, 4.69) is 25.8 Å². The Labute approximate surface area is 159 Å². The highest BCUT2D eigenvalue weighted by Gasteiger charge is 2.24. The molecule has 0 saturated carbocycles. The summed E-state index contributed by atoms with van der Waals surface area (Å²) in [4.78, 5) is 16.2. The summed E-state index contributed by atoms with van der Waals surface area (Å²) in [6.45, 7) is 1.08. The Morgan fingerprint density at radius 1 is 1.30 bits per heavy atom. The van der Waals surface area contributed by atoms with Crippen molar-refractivity contribution in [2.45, 2.75) is 18.5 Å². The van der Waals surface area contributed by atoms with Gasteiger partial charge in [-0.25, -0.2) is 0 Å². The average Bonchev–Trinajstić information content (AvgIpc) is 3.13. The first-order valence-corrected chi connectivity index (χ1v) is 9.37. The number of nitrogens with zero attached hydrogens (tertiary/aromatic N) is 3. The molecule has 1 aliphatic rings. The lowest BCUT2D eigenvalue weighted by molar-refractivity contribution is 0.0751. The van der Waals surface area contributed by atoms with Crippen molar-refractivity contribution in [2.75, 3.05) is 23.8 Å². The van der Waals surface area contributed by atoms with Crippen molar-refractivity contribution in [3.05, 3.63) is 35.3 Å². The summed E-state index contributed by atoms with van der Waals surface area (Å²) in [6.07, 6.45) is 0.735. The Morgan fingerprint density at radius 2 is 2.19 bits per heavy atom. The van der Waals surface area contributed by atoms with Crippen molar-refractivity contribution in [3.8, 4) is 0 Å². The lowest BCUT2D eigenvalue weighted by Gasteiger charge is -2.29. The minimum Gasteiger partial charge on any atom is -0.380 e. The van der Waals surface area contributed by atoms with E-state index in [-0.39, 0.29) is 29.5 Å². The van der Waals surface area contributed by atoms with Gasteiger partial charge in [-0.15, -0.1) is 21.5 Å². The number of anilines is 3. The number of rotatable bonds is 5. The van der Waals surface area contributed by atoms with Crippen LogP contribution in [0.1, 0.15) is 16.9 Å². The van der Waals surface area contributed by atoms with Gasteiger partial charge in [0, 0.05) is 34.5 Å². The quantitative estimate of drug-likeness (QED) is 0.517. The molecule has 1 fully saturated rings. The number of ether oxygens (including phenoxy) is 1. The summed E-state index contributed by atoms with van der Waals surface area (Å²) in [6, 6.07) is 7.66. The van der Waals surface area contributed by atoms with Crippen LogP contribution in [0.2, 0.25) is 0 Å². The number of thiophene rings is 1. The molecule has 27 heavy (non-hydrogen) atoms. The molecule has 2 atom stereocenters. The number of nitrogens with two attached hydrogens (primary N) is 2. The number of carbonyl (C=O) groups is 1. The molecule has 2 aromatic heterocycles. The van der Waals surface area contributed by atoms with Crippen molar-refractivity contribution in [3.63, 3.8) is 0 Å². The van der Waals surface area contributed by atoms with Gasteiger partial charge in [0.1, 0.15) is 0 Å². The number of benzene rings is 1. The molecule has 0 radical (unpaired) electrons. The van der Waals surface area contributed by atoms with Gasteiger partial charge in [-0.2, -0.15) is 4.98 Å². The van der Waals surface area contributed by atoms with Crippen LogP contribution in [0.3, 0.4) is 0 Å². The molecule has 4 rings (SSSR count). The van der Waals surface area contributed by atoms with Crippen molar-refractivity contribution < 1.29 is 9.53 Å². The maximum absolute atomic E-state index is 11.8. The van der Waals surface area contributed by atoms with E-state index in [0.29, 0.717) is 13.2 Å². The van der Waals surface area contributed by atoms with Crippen LogP contribution < -0.4 is 22.1 Å². The molecule has 140 valence electrons. The number of hydrogen-bond donors (Lipinski definition) is 4. The number of aromatic nitrogens is 3. The predicted molar refractivity (Wildman–Crippen MR) is 104 cm³/mol. The SMILES string of the molecule is NC(=O)c1nnc(N[C@@H]2CCOC[C@@H]2N)nc1Nc1cccc2sccc12. The molecule has 9 nitrogen and oxygen atoms in total. The van der Waals surface area contributed by atoms with Gasteiger partial charge in [0.25, 0.3) is 5.91 Å². The summed E-state index contributed by atoms with van der Waals surface area (Å²) in [5.41, 5.74) is 12.3. The molecule has 6 N–H and O–H groups in total. The molecule has 0 bridgehead atoms. The maximum atomic E-state index is 11.8. The van der Waals surface area contributed by atoms with E-state index < -0.39 is 5.91 Å². The van der Waals surface area contributed by atoms with Crippen LogP contribution in [0.15, 0.2) is 29.6 Å². The van der Waals surface area contributed by atoms with Gasteiger partial charge in [-0.1, -0.05) is 6.07 Å². The summed E-state index contributed by atoms with van der Waals surface area (Å²) in [7, 11) is 0. The fourth-order valence-electron chi connectivity index (χ4n) is 2.98. The summed E-state index contributed by atoms with van der Waals surface area (Å²) in [5, 5.41) is 17.3. The largest absolute Gasteiger partial charge is 0.380 e. The second kappa shape index (κ2) is 7.43. The Hall–Kier alpha value is -2.82. The maximum Gasteiger partial charge on any atom is 0.273 e. The Morgan fingerprint density at radius 3 is 3.00 bits per heavy atom. The van der Waals surface area contributed by atoms with E-state index in [4.69, 9.17) is 16.2 Å². The molecule has 0 spiro atoms. The minimum atomic E-state index is -0.704. The van der Waals surface area contributed by atoms with Crippen LogP contribution in [0.25, 0.3) is 10.1 Å². The van der Waals surface area contributed by atoms with Crippen LogP contribution in [-0.4, -0.2) is 46.4 Å². The molecule has 3 aromatic rings. The van der Waals surface area contributed by atoms with Gasteiger partial charge in [-0.05, 0) is 30.0 Å². The zero-order valence-electron chi connectivity index (χ0n) is 14.4. The van der Waals surface area contributed by atoms with Crippen LogP contribution in [0.5, 0.6) is 0 Å². The van der Waals surface area contributed by atoms with Crippen LogP contribution >= 0.6 is 11.3 Å². The van der Waals surface area contributed by atoms with Crippen LogP contribution in [-0.2, 0) is 4.74 Å². The molecular formula is C17H19N7O2S. The van der Waals surface area contributed by atoms with Gasteiger partial charge in [0.05, 0.1) is 6.61 Å². The molecule has 10 heteroatoms. The van der Waals surface area contributed by atoms with Crippen molar-refractivity contribution in [2.24, 2.45) is 11.5 Å². The van der Waals surface area contributed by atoms with E-state index in [1.54, 1.807) is 11.3 Å². The van der Waals surface area contributed by atoms with Crippen LogP contribution in [0, 0.1) is 0 Å². The zero-order valence-corrected chi connectivity index (χ0v) is 15.2. The van der Waals surface area contributed by atoms with Gasteiger partial charge in [-0.3, -0.25) is 4.79 Å². The first kappa shape index (κ1) is 17.6. The van der Waals surface area contributed by atoms with E-state index in [1.807, 2.05) is 29.6 Å². The third-order valence-electron chi connectivity index (χ3n) is 4.38. The summed E-state index contributed by atoms with van der Waals surface area (Å²) >= 11 is 1.63. The van der Waals surface area contributed by atoms with E-state index in [0.717, 1.165) is 22.2 Å². The molecule has 3 heterocycles. The lowest BCUT2D eigenvalue weighted by atomic mass is 10.1. The first-order valence-electron chi connectivity index (χ1n) is 8.49. The fraction of sp³-hybridized carbons (Fsp3) is 0.294. The standard InChI is InChI=1S/C17H19N7O2S/c18-10-8-26-6-4-12(10)21-17-22-16(14(15(19)25)23-24-17)20-11-2-1-3-13-9(11)5-7-27-13/h1-3,5,7,10,12H,4,6,8,18H2,(H2,19,25)(H2,20,21,22,24)/t10-,12+/m0/s1. The molecule has 1 saturated heterocycles. The third-order valence-corrected chi connectivity index (χ3v) is 5.27. The highest BCUT2D eigenvalue weighted by Crippen LogP contribution is 2.30. The van der Waals surface area contributed by atoms with Gasteiger partial charge < -0.3 is 26.8 Å². The Bertz CT molecular complexity index is 977. The number of amides is 1. The van der Waals surface area contributed by atoms with Gasteiger partial charge in [0.2, 0.25) is 5.95 Å². The predicted octanol–water partition coefficient (Wildman–Crippen LogP) is 1.46. The Kier molecular flexibility index (Phi) is 4.84. The van der Waals surface area contributed by atoms with E-state index in [1.165, 1.54) is 0 Å². The number of carbonyl (C=O) groups excluding carboxylic acids is 1. The number of hydrogen-bond acceptors (Lipinski definition) is 9. The van der Waals surface area contributed by atoms with Gasteiger partial charge >= 0.3 is 0 Å². The zero-order chi connectivity index (χ0) is 18.8. The summed E-state index contributed by atoms with van der Waals surface area (Å²) < 4.78 is 6.46. The second-order valence-electron chi connectivity index (χ2n) is 6.24. The van der Waals surface area contributed by atoms with Crippen molar-refractivity contribution in [1.82, 2.24) is 15.2 Å². The Balaban J connectivity index is 1.65. The lowest BCUT2D eigenvalue weighted by Crippen LogP contribution is -2.48. The molecule has 1 aliphatic heterocycles. The molecule has 0 aliphatic carbocycles. The second-order valence-corrected chi connectivity index (χ2v) is 7.19. The minimum absolute atomic E-state index is 0.0240. The van der Waals surface area contributed by atoms with Gasteiger partial charge in [0.15, 0.2) is 11.5 Å². The highest BCUT2D eigenvalue weighted by atomic mass is 32.1. The van der Waals surface area contributed by atoms with E-state index >= 15 is 0 Å². The monoisotopic (exact) mass is 385 g/mol. The average molecular weight is 385 g/mol. The van der Waals surface area contributed by atoms with Crippen molar-refractivity contribution >= 4 is 44.8 Å². The number of nitrogens with one attached hydrogen (secondary N) is 2. The van der Waals surface area contributed by atoms with Crippen LogP contribution in [0.4, 0.5) is 17.5 Å². The number of primary amides is 1. The smallest absolute Gasteiger partial charge is 0.273 e. The number of fused-ring (bicyclic) bond motifs is 1. The normalized spacial score (nSPS) is 19.7. The molecule has 1 amide bonds. The first-order chi connectivity index (χ1) is 13.1. The fourth-order valence-corrected chi connectivity index (χ4v) is 3.79. The summed E-state index contributed by atoms with van der Waals surface area (Å²) in [5.74, 6) is -0.175. The molecule has 1 aromatic carbocycles. The van der Waals surface area contributed by atoms with E-state index in [9.17, 15) is 4.79 Å². The third kappa shape index (κ3) is 3.68. The molecule has 0 unspecified atom stereocenters. The topological polar surface area (TPSA) is 141 Å². The molecular weight excluding hydrogens is 366 g/mol. The highest BCUT2D eigenvalue weighted by molar-refractivity contribution is 7.17.